The Hall–Kier alpha value is -1.02. The zero-order chi connectivity index (χ0) is 14.8. The molecule has 3 rings (SSSR count). The van der Waals surface area contributed by atoms with Crippen molar-refractivity contribution >= 4 is 5.57 Å². The highest BCUT2D eigenvalue weighted by molar-refractivity contribution is 5.65. The van der Waals surface area contributed by atoms with E-state index in [4.69, 9.17) is 0 Å². The number of hydrogen-bond acceptors (Lipinski definition) is 1. The monoisotopic (exact) mass is 286 g/mol. The fourth-order valence-corrected chi connectivity index (χ4v) is 4.36. The Balaban J connectivity index is 1.54. The highest BCUT2D eigenvalue weighted by atomic mass is 15.2. The summed E-state index contributed by atoms with van der Waals surface area (Å²) in [6.07, 6.45) is 7.86. The van der Waals surface area contributed by atoms with Gasteiger partial charge in [-0.1, -0.05) is 26.3 Å². The zero-order valence-corrected chi connectivity index (χ0v) is 13.8. The molecule has 2 atom stereocenters. The van der Waals surface area contributed by atoms with Crippen molar-refractivity contribution in [2.45, 2.75) is 52.4 Å². The second-order valence-electron chi connectivity index (χ2n) is 7.15. The van der Waals surface area contributed by atoms with E-state index in [1.54, 1.807) is 0 Å². The summed E-state index contributed by atoms with van der Waals surface area (Å²) < 4.78 is 0. The minimum absolute atomic E-state index is 1.01. The van der Waals surface area contributed by atoms with Crippen LogP contribution in [0.2, 0.25) is 0 Å². The number of allylic oxidation sites excluding steroid dienone is 1. The first-order valence-corrected chi connectivity index (χ1v) is 8.76. The number of rotatable bonds is 6. The van der Waals surface area contributed by atoms with E-state index in [1.807, 2.05) is 0 Å². The van der Waals surface area contributed by atoms with Crippen LogP contribution in [0, 0.1) is 18.8 Å². The Morgan fingerprint density at radius 2 is 2.05 bits per heavy atom. The van der Waals surface area contributed by atoms with Gasteiger partial charge in [0.15, 0.2) is 0 Å². The van der Waals surface area contributed by atoms with E-state index in [0.29, 0.717) is 0 Å². The second kappa shape index (κ2) is 6.39. The van der Waals surface area contributed by atoms with Gasteiger partial charge in [-0.2, -0.15) is 0 Å². The van der Waals surface area contributed by atoms with Crippen LogP contribution in [0.5, 0.6) is 0 Å². The molecular weight excluding hydrogens is 256 g/mol. The van der Waals surface area contributed by atoms with Crippen molar-refractivity contribution in [1.82, 2.24) is 9.88 Å². The lowest BCUT2D eigenvalue weighted by Gasteiger charge is -2.15. The van der Waals surface area contributed by atoms with Crippen LogP contribution in [0.15, 0.2) is 12.6 Å². The molecule has 2 fully saturated rings. The third kappa shape index (κ3) is 3.26. The fourth-order valence-electron chi connectivity index (χ4n) is 4.36. The van der Waals surface area contributed by atoms with Gasteiger partial charge in [0.2, 0.25) is 0 Å². The third-order valence-corrected chi connectivity index (χ3v) is 5.50. The molecule has 2 heteroatoms. The van der Waals surface area contributed by atoms with Crippen molar-refractivity contribution in [1.29, 1.82) is 0 Å². The average Bonchev–Trinajstić information content (AvgIpc) is 3.10. The fraction of sp³-hybridized carbons (Fsp3) is 0.684. The van der Waals surface area contributed by atoms with Crippen molar-refractivity contribution in [2.24, 2.45) is 11.8 Å². The van der Waals surface area contributed by atoms with Crippen LogP contribution in [0.4, 0.5) is 0 Å². The van der Waals surface area contributed by atoms with Crippen molar-refractivity contribution in [2.75, 3.05) is 19.6 Å². The van der Waals surface area contributed by atoms with Gasteiger partial charge >= 0.3 is 0 Å². The molecule has 0 bridgehead atoms. The highest BCUT2D eigenvalue weighted by Gasteiger charge is 2.35. The van der Waals surface area contributed by atoms with E-state index in [0.717, 1.165) is 24.7 Å². The van der Waals surface area contributed by atoms with E-state index in [9.17, 15) is 0 Å². The predicted molar refractivity (Wildman–Crippen MR) is 90.4 cm³/mol. The van der Waals surface area contributed by atoms with Gasteiger partial charge in [0, 0.05) is 37.4 Å². The maximum atomic E-state index is 4.23. The number of hydrogen-bond donors (Lipinski definition) is 1. The van der Waals surface area contributed by atoms with Gasteiger partial charge < -0.3 is 9.88 Å². The molecule has 2 unspecified atom stereocenters. The summed E-state index contributed by atoms with van der Waals surface area (Å²) in [6, 6.07) is 2.34. The van der Waals surface area contributed by atoms with Crippen LogP contribution < -0.4 is 0 Å². The lowest BCUT2D eigenvalue weighted by molar-refractivity contribution is 0.314. The van der Waals surface area contributed by atoms with Crippen molar-refractivity contribution in [3.63, 3.8) is 0 Å². The average molecular weight is 286 g/mol. The standard InChI is InChI=1S/C19H30N2/c1-4-6-14(2)19-11-18(20-15(19)3)9-10-21-12-16-7-5-8-17(16)13-21/h11,16-17,20H,2,4-10,12-13H2,1,3H3. The van der Waals surface area contributed by atoms with Gasteiger partial charge in [-0.05, 0) is 55.2 Å². The second-order valence-corrected chi connectivity index (χ2v) is 7.15. The Morgan fingerprint density at radius 3 is 2.71 bits per heavy atom. The summed E-state index contributed by atoms with van der Waals surface area (Å²) in [5, 5.41) is 0. The molecule has 2 nitrogen and oxygen atoms in total. The molecule has 0 amide bonds. The molecule has 116 valence electrons. The first kappa shape index (κ1) is 14.9. The molecule has 1 aromatic rings. The molecule has 1 N–H and O–H groups in total. The largest absolute Gasteiger partial charge is 0.362 e. The molecule has 0 aromatic carbocycles. The predicted octanol–water partition coefficient (Wildman–Crippen LogP) is 4.41. The number of likely N-dealkylation sites (tertiary alicyclic amines) is 1. The Bertz CT molecular complexity index is 488. The first-order valence-electron chi connectivity index (χ1n) is 8.76. The topological polar surface area (TPSA) is 19.0 Å². The normalized spacial score (nSPS) is 25.4. The zero-order valence-electron chi connectivity index (χ0n) is 13.8. The van der Waals surface area contributed by atoms with Crippen LogP contribution in [0.25, 0.3) is 5.57 Å². The SMILES string of the molecule is C=C(CCC)c1cc(CCN2CC3CCCC3C2)[nH]c1C. The smallest absolute Gasteiger partial charge is 0.0193 e. The van der Waals surface area contributed by atoms with Gasteiger partial charge in [-0.25, -0.2) is 0 Å². The van der Waals surface area contributed by atoms with E-state index in [1.165, 1.54) is 67.8 Å². The summed E-state index contributed by atoms with van der Waals surface area (Å²) in [7, 11) is 0. The number of nitrogens with one attached hydrogen (secondary N) is 1. The van der Waals surface area contributed by atoms with Gasteiger partial charge in [0.05, 0.1) is 0 Å². The van der Waals surface area contributed by atoms with Crippen LogP contribution in [0.3, 0.4) is 0 Å². The Labute approximate surface area is 129 Å². The van der Waals surface area contributed by atoms with E-state index >= 15 is 0 Å². The molecule has 0 radical (unpaired) electrons. The summed E-state index contributed by atoms with van der Waals surface area (Å²) in [5.41, 5.74) is 5.32. The summed E-state index contributed by atoms with van der Waals surface area (Å²) in [5.74, 6) is 2.02. The van der Waals surface area contributed by atoms with Gasteiger partial charge in [-0.3, -0.25) is 0 Å². The van der Waals surface area contributed by atoms with Crippen LogP contribution in [0.1, 0.15) is 56.0 Å². The third-order valence-electron chi connectivity index (χ3n) is 5.50. The lowest BCUT2D eigenvalue weighted by atomic mass is 10.0. The summed E-state index contributed by atoms with van der Waals surface area (Å²) in [4.78, 5) is 6.26. The van der Waals surface area contributed by atoms with Gasteiger partial charge in [0.25, 0.3) is 0 Å². The highest BCUT2D eigenvalue weighted by Crippen LogP contribution is 2.37. The van der Waals surface area contributed by atoms with Gasteiger partial charge in [0.1, 0.15) is 0 Å². The van der Waals surface area contributed by atoms with E-state index in [2.05, 4.69) is 36.4 Å². The van der Waals surface area contributed by atoms with E-state index < -0.39 is 0 Å². The van der Waals surface area contributed by atoms with Crippen molar-refractivity contribution in [3.05, 3.63) is 29.6 Å². The number of aromatic amines is 1. The molecule has 0 spiro atoms. The summed E-state index contributed by atoms with van der Waals surface area (Å²) >= 11 is 0. The molecule has 2 aliphatic rings. The molecule has 2 heterocycles. The Morgan fingerprint density at radius 1 is 1.33 bits per heavy atom. The number of fused-ring (bicyclic) bond motifs is 1. The van der Waals surface area contributed by atoms with Gasteiger partial charge in [-0.15, -0.1) is 0 Å². The van der Waals surface area contributed by atoms with E-state index in [-0.39, 0.29) is 0 Å². The van der Waals surface area contributed by atoms with Crippen LogP contribution in [-0.2, 0) is 6.42 Å². The Kier molecular flexibility index (Phi) is 4.54. The number of aromatic nitrogens is 1. The minimum atomic E-state index is 1.01. The minimum Gasteiger partial charge on any atom is -0.362 e. The van der Waals surface area contributed by atoms with Crippen molar-refractivity contribution < 1.29 is 0 Å². The maximum absolute atomic E-state index is 4.23. The summed E-state index contributed by atoms with van der Waals surface area (Å²) in [6.45, 7) is 12.5. The molecular formula is C19H30N2. The molecule has 1 aliphatic heterocycles. The molecule has 1 aliphatic carbocycles. The maximum Gasteiger partial charge on any atom is 0.0193 e. The number of aryl methyl sites for hydroxylation is 1. The van der Waals surface area contributed by atoms with Crippen LogP contribution in [-0.4, -0.2) is 29.5 Å². The number of nitrogens with zero attached hydrogens (tertiary/aromatic N) is 1. The molecule has 1 aromatic heterocycles. The number of H-pyrrole nitrogens is 1. The van der Waals surface area contributed by atoms with Crippen LogP contribution >= 0.6 is 0 Å². The first-order chi connectivity index (χ1) is 10.2. The van der Waals surface area contributed by atoms with Crippen molar-refractivity contribution in [3.8, 4) is 0 Å². The quantitative estimate of drug-likeness (QED) is 0.820. The molecule has 1 saturated heterocycles. The lowest BCUT2D eigenvalue weighted by Crippen LogP contribution is -2.24. The molecule has 21 heavy (non-hydrogen) atoms. The molecule has 1 saturated carbocycles.